The fourth-order valence-electron chi connectivity index (χ4n) is 3.30. The molecule has 0 aromatic carbocycles. The largest absolute Gasteiger partial charge is 0.378 e. The number of rotatable bonds is 7. The molecule has 18 heavy (non-hydrogen) atoms. The highest BCUT2D eigenvalue weighted by Gasteiger charge is 2.48. The van der Waals surface area contributed by atoms with Crippen LogP contribution in [0.25, 0.3) is 0 Å². The standard InChI is InChI=1S/C15H30N2O/c1-4-18-14-12-13(15(14,2)3)16-8-7-11-17-9-5-6-10-17/h13-14,16H,4-12H2,1-3H3. The second-order valence-electron chi connectivity index (χ2n) is 6.41. The maximum absolute atomic E-state index is 5.76. The zero-order chi connectivity index (χ0) is 13.0. The van der Waals surface area contributed by atoms with Crippen molar-refractivity contribution in [3.05, 3.63) is 0 Å². The van der Waals surface area contributed by atoms with E-state index in [9.17, 15) is 0 Å². The van der Waals surface area contributed by atoms with Crippen LogP contribution in [-0.2, 0) is 4.74 Å². The average Bonchev–Trinajstić information content (AvgIpc) is 2.84. The molecule has 2 atom stereocenters. The van der Waals surface area contributed by atoms with Crippen molar-refractivity contribution in [1.29, 1.82) is 0 Å². The normalized spacial score (nSPS) is 31.5. The molecule has 2 rings (SSSR count). The van der Waals surface area contributed by atoms with Gasteiger partial charge in [0.2, 0.25) is 0 Å². The fourth-order valence-corrected chi connectivity index (χ4v) is 3.30. The van der Waals surface area contributed by atoms with Crippen LogP contribution in [0.3, 0.4) is 0 Å². The predicted octanol–water partition coefficient (Wildman–Crippen LogP) is 2.27. The third-order valence-corrected chi connectivity index (χ3v) is 4.79. The minimum Gasteiger partial charge on any atom is -0.378 e. The van der Waals surface area contributed by atoms with Gasteiger partial charge in [-0.2, -0.15) is 0 Å². The monoisotopic (exact) mass is 254 g/mol. The third-order valence-electron chi connectivity index (χ3n) is 4.79. The van der Waals surface area contributed by atoms with E-state index >= 15 is 0 Å². The van der Waals surface area contributed by atoms with Crippen molar-refractivity contribution in [3.8, 4) is 0 Å². The lowest BCUT2D eigenvalue weighted by atomic mass is 9.64. The molecule has 0 spiro atoms. The summed E-state index contributed by atoms with van der Waals surface area (Å²) in [6.45, 7) is 12.7. The molecule has 2 aliphatic rings. The lowest BCUT2D eigenvalue weighted by Crippen LogP contribution is -2.61. The summed E-state index contributed by atoms with van der Waals surface area (Å²) < 4.78 is 5.76. The molecular formula is C15H30N2O. The molecule has 0 bridgehead atoms. The van der Waals surface area contributed by atoms with E-state index < -0.39 is 0 Å². The van der Waals surface area contributed by atoms with Crippen LogP contribution < -0.4 is 5.32 Å². The first-order chi connectivity index (χ1) is 8.64. The van der Waals surface area contributed by atoms with Crippen LogP contribution in [0.1, 0.15) is 46.5 Å². The van der Waals surface area contributed by atoms with Crippen LogP contribution >= 0.6 is 0 Å². The summed E-state index contributed by atoms with van der Waals surface area (Å²) in [7, 11) is 0. The van der Waals surface area contributed by atoms with Gasteiger partial charge in [0.1, 0.15) is 0 Å². The molecule has 1 aliphatic carbocycles. The summed E-state index contributed by atoms with van der Waals surface area (Å²) in [5.41, 5.74) is 0.309. The van der Waals surface area contributed by atoms with Crippen LogP contribution in [0.5, 0.6) is 0 Å². The Bertz CT molecular complexity index is 249. The molecule has 106 valence electrons. The summed E-state index contributed by atoms with van der Waals surface area (Å²) >= 11 is 0. The molecule has 3 heteroatoms. The average molecular weight is 254 g/mol. The molecule has 0 aromatic heterocycles. The Morgan fingerprint density at radius 2 is 2.00 bits per heavy atom. The van der Waals surface area contributed by atoms with Gasteiger partial charge in [-0.1, -0.05) is 13.8 Å². The van der Waals surface area contributed by atoms with E-state index in [1.807, 2.05) is 0 Å². The zero-order valence-corrected chi connectivity index (χ0v) is 12.4. The third kappa shape index (κ3) is 3.25. The first-order valence-corrected chi connectivity index (χ1v) is 7.72. The minimum atomic E-state index is 0.309. The smallest absolute Gasteiger partial charge is 0.0655 e. The molecule has 1 heterocycles. The quantitative estimate of drug-likeness (QED) is 0.705. The predicted molar refractivity (Wildman–Crippen MR) is 75.9 cm³/mol. The Hall–Kier alpha value is -0.120. The van der Waals surface area contributed by atoms with E-state index in [4.69, 9.17) is 4.74 Å². The van der Waals surface area contributed by atoms with Crippen molar-refractivity contribution in [2.75, 3.05) is 32.8 Å². The number of hydrogen-bond acceptors (Lipinski definition) is 3. The van der Waals surface area contributed by atoms with E-state index in [0.717, 1.165) is 13.2 Å². The van der Waals surface area contributed by atoms with Gasteiger partial charge in [0.05, 0.1) is 6.10 Å². The van der Waals surface area contributed by atoms with Gasteiger partial charge in [-0.05, 0) is 58.8 Å². The molecule has 1 aliphatic heterocycles. The van der Waals surface area contributed by atoms with Crippen LogP contribution in [-0.4, -0.2) is 49.8 Å². The zero-order valence-electron chi connectivity index (χ0n) is 12.4. The van der Waals surface area contributed by atoms with E-state index in [0.29, 0.717) is 17.6 Å². The Morgan fingerprint density at radius 3 is 2.61 bits per heavy atom. The van der Waals surface area contributed by atoms with Crippen LogP contribution in [0.2, 0.25) is 0 Å². The molecule has 1 saturated carbocycles. The number of likely N-dealkylation sites (tertiary alicyclic amines) is 1. The first-order valence-electron chi connectivity index (χ1n) is 7.72. The number of nitrogens with zero attached hydrogens (tertiary/aromatic N) is 1. The van der Waals surface area contributed by atoms with E-state index in [1.54, 1.807) is 0 Å². The van der Waals surface area contributed by atoms with Gasteiger partial charge in [-0.25, -0.2) is 0 Å². The Kier molecular flexibility index (Phi) is 5.05. The minimum absolute atomic E-state index is 0.309. The van der Waals surface area contributed by atoms with Crippen molar-refractivity contribution in [3.63, 3.8) is 0 Å². The van der Waals surface area contributed by atoms with E-state index in [-0.39, 0.29) is 0 Å². The molecular weight excluding hydrogens is 224 g/mol. The molecule has 0 aromatic rings. The lowest BCUT2D eigenvalue weighted by Gasteiger charge is -2.52. The maximum Gasteiger partial charge on any atom is 0.0655 e. The molecule has 2 unspecified atom stereocenters. The lowest BCUT2D eigenvalue weighted by molar-refractivity contribution is -0.114. The second-order valence-corrected chi connectivity index (χ2v) is 6.41. The van der Waals surface area contributed by atoms with Crippen molar-refractivity contribution in [1.82, 2.24) is 10.2 Å². The Morgan fingerprint density at radius 1 is 1.28 bits per heavy atom. The Labute approximate surface area is 112 Å². The van der Waals surface area contributed by atoms with Gasteiger partial charge in [0.15, 0.2) is 0 Å². The summed E-state index contributed by atoms with van der Waals surface area (Å²) in [6.07, 6.45) is 5.73. The van der Waals surface area contributed by atoms with Crippen molar-refractivity contribution < 1.29 is 4.74 Å². The highest BCUT2D eigenvalue weighted by molar-refractivity contribution is 5.02. The van der Waals surface area contributed by atoms with Crippen LogP contribution in [0.15, 0.2) is 0 Å². The van der Waals surface area contributed by atoms with Gasteiger partial charge >= 0.3 is 0 Å². The summed E-state index contributed by atoms with van der Waals surface area (Å²) in [5, 5.41) is 3.72. The molecule has 1 saturated heterocycles. The van der Waals surface area contributed by atoms with Gasteiger partial charge < -0.3 is 15.0 Å². The summed E-state index contributed by atoms with van der Waals surface area (Å²) in [4.78, 5) is 2.59. The number of ether oxygens (including phenoxy) is 1. The van der Waals surface area contributed by atoms with Crippen LogP contribution in [0, 0.1) is 5.41 Å². The van der Waals surface area contributed by atoms with Gasteiger partial charge in [0.25, 0.3) is 0 Å². The first kappa shape index (κ1) is 14.3. The van der Waals surface area contributed by atoms with Crippen molar-refractivity contribution in [2.45, 2.75) is 58.6 Å². The van der Waals surface area contributed by atoms with E-state index in [1.165, 1.54) is 45.3 Å². The topological polar surface area (TPSA) is 24.5 Å². The molecule has 0 radical (unpaired) electrons. The molecule has 1 N–H and O–H groups in total. The van der Waals surface area contributed by atoms with Crippen LogP contribution in [0.4, 0.5) is 0 Å². The van der Waals surface area contributed by atoms with Gasteiger partial charge in [0, 0.05) is 18.1 Å². The van der Waals surface area contributed by atoms with E-state index in [2.05, 4.69) is 31.0 Å². The Balaban J connectivity index is 1.57. The van der Waals surface area contributed by atoms with Gasteiger partial charge in [-0.15, -0.1) is 0 Å². The maximum atomic E-state index is 5.76. The highest BCUT2D eigenvalue weighted by Crippen LogP contribution is 2.42. The van der Waals surface area contributed by atoms with Crippen molar-refractivity contribution in [2.24, 2.45) is 5.41 Å². The summed E-state index contributed by atoms with van der Waals surface area (Å²) in [5.74, 6) is 0. The number of nitrogens with one attached hydrogen (secondary N) is 1. The number of hydrogen-bond donors (Lipinski definition) is 1. The summed E-state index contributed by atoms with van der Waals surface area (Å²) in [6, 6.07) is 0.646. The fraction of sp³-hybridized carbons (Fsp3) is 1.00. The second kappa shape index (κ2) is 6.36. The highest BCUT2D eigenvalue weighted by atomic mass is 16.5. The SMILES string of the molecule is CCOC1CC(NCCCN2CCCC2)C1(C)C. The molecule has 2 fully saturated rings. The van der Waals surface area contributed by atoms with Crippen molar-refractivity contribution >= 4 is 0 Å². The van der Waals surface area contributed by atoms with Gasteiger partial charge in [-0.3, -0.25) is 0 Å². The molecule has 3 nitrogen and oxygen atoms in total. The molecule has 0 amide bonds.